The summed E-state index contributed by atoms with van der Waals surface area (Å²) in [5, 5.41) is 5.68. The van der Waals surface area contributed by atoms with Crippen molar-refractivity contribution in [3.05, 3.63) is 70.1 Å². The van der Waals surface area contributed by atoms with Crippen LogP contribution in [0.2, 0.25) is 5.02 Å². The predicted molar refractivity (Wildman–Crippen MR) is 95.0 cm³/mol. The lowest BCUT2D eigenvalue weighted by Crippen LogP contribution is -1.90. The Labute approximate surface area is 138 Å². The van der Waals surface area contributed by atoms with E-state index in [9.17, 15) is 0 Å². The maximum absolute atomic E-state index is 5.94. The molecule has 22 heavy (non-hydrogen) atoms. The first-order chi connectivity index (χ1) is 10.7. The van der Waals surface area contributed by atoms with Crippen molar-refractivity contribution in [3.8, 4) is 11.3 Å². The molecule has 0 amide bonds. The lowest BCUT2D eigenvalue weighted by Gasteiger charge is -1.97. The first-order valence-electron chi connectivity index (χ1n) is 6.80. The monoisotopic (exact) mass is 327 g/mol. The molecule has 3 aromatic rings. The maximum Gasteiger partial charge on any atom is 0.204 e. The normalized spacial score (nSPS) is 11.0. The standard InChI is InChI=1S/C17H14ClN3S/c1-12-16(14-7-3-2-4-8-14)20-17(22-12)21-19-11-13-6-5-9-15(18)10-13/h2-11H,1H3,(H,20,21)/b19-11-. The van der Waals surface area contributed by atoms with E-state index in [1.807, 2.05) is 42.5 Å². The fourth-order valence-corrected chi connectivity index (χ4v) is 3.04. The van der Waals surface area contributed by atoms with Gasteiger partial charge in [-0.2, -0.15) is 5.10 Å². The zero-order valence-corrected chi connectivity index (χ0v) is 13.5. The Kier molecular flexibility index (Phi) is 4.51. The Morgan fingerprint density at radius 2 is 1.95 bits per heavy atom. The molecule has 110 valence electrons. The zero-order valence-electron chi connectivity index (χ0n) is 12.0. The molecule has 0 saturated carbocycles. The summed E-state index contributed by atoms with van der Waals surface area (Å²) < 4.78 is 0. The fraction of sp³-hybridized carbons (Fsp3) is 0.0588. The lowest BCUT2D eigenvalue weighted by atomic mass is 10.1. The van der Waals surface area contributed by atoms with Gasteiger partial charge in [-0.05, 0) is 24.6 Å². The highest BCUT2D eigenvalue weighted by Crippen LogP contribution is 2.30. The molecule has 3 rings (SSSR count). The predicted octanol–water partition coefficient (Wildman–Crippen LogP) is 5.22. The number of aromatic nitrogens is 1. The highest BCUT2D eigenvalue weighted by Gasteiger charge is 2.08. The van der Waals surface area contributed by atoms with Crippen molar-refractivity contribution >= 4 is 34.3 Å². The highest BCUT2D eigenvalue weighted by atomic mass is 35.5. The van der Waals surface area contributed by atoms with E-state index in [1.165, 1.54) is 0 Å². The van der Waals surface area contributed by atoms with Gasteiger partial charge in [0.15, 0.2) is 0 Å². The number of anilines is 1. The molecule has 0 atom stereocenters. The number of thiazole rings is 1. The molecule has 2 aromatic carbocycles. The molecule has 5 heteroatoms. The molecule has 1 N–H and O–H groups in total. The summed E-state index contributed by atoms with van der Waals surface area (Å²) in [4.78, 5) is 5.76. The van der Waals surface area contributed by atoms with Crippen molar-refractivity contribution in [3.63, 3.8) is 0 Å². The number of hydrogen-bond acceptors (Lipinski definition) is 4. The number of hydrazone groups is 1. The molecule has 0 unspecified atom stereocenters. The number of aryl methyl sites for hydroxylation is 1. The van der Waals surface area contributed by atoms with E-state index in [-0.39, 0.29) is 0 Å². The van der Waals surface area contributed by atoms with Crippen LogP contribution in [0.5, 0.6) is 0 Å². The van der Waals surface area contributed by atoms with Crippen LogP contribution in [0.15, 0.2) is 59.7 Å². The van der Waals surface area contributed by atoms with E-state index in [4.69, 9.17) is 11.6 Å². The Hall–Kier alpha value is -2.17. The summed E-state index contributed by atoms with van der Waals surface area (Å²) in [7, 11) is 0. The van der Waals surface area contributed by atoms with Crippen LogP contribution in [0.3, 0.4) is 0 Å². The van der Waals surface area contributed by atoms with E-state index < -0.39 is 0 Å². The number of benzene rings is 2. The minimum atomic E-state index is 0.695. The van der Waals surface area contributed by atoms with E-state index in [2.05, 4.69) is 34.6 Å². The van der Waals surface area contributed by atoms with Crippen molar-refractivity contribution < 1.29 is 0 Å². The molecule has 1 aromatic heterocycles. The molecule has 0 aliphatic heterocycles. The molecule has 0 bridgehead atoms. The van der Waals surface area contributed by atoms with E-state index in [1.54, 1.807) is 17.6 Å². The second kappa shape index (κ2) is 6.73. The van der Waals surface area contributed by atoms with E-state index >= 15 is 0 Å². The average molecular weight is 328 g/mol. The van der Waals surface area contributed by atoms with Crippen molar-refractivity contribution in [2.45, 2.75) is 6.92 Å². The topological polar surface area (TPSA) is 37.3 Å². The summed E-state index contributed by atoms with van der Waals surface area (Å²) in [5.41, 5.74) is 6.02. The summed E-state index contributed by atoms with van der Waals surface area (Å²) in [6, 6.07) is 17.7. The van der Waals surface area contributed by atoms with Crippen LogP contribution in [0.1, 0.15) is 10.4 Å². The third kappa shape index (κ3) is 3.53. The average Bonchev–Trinajstić information content (AvgIpc) is 2.89. The maximum atomic E-state index is 5.94. The van der Waals surface area contributed by atoms with Crippen LogP contribution < -0.4 is 5.43 Å². The lowest BCUT2D eigenvalue weighted by molar-refractivity contribution is 1.28. The fourth-order valence-electron chi connectivity index (χ4n) is 2.06. The number of rotatable bonds is 4. The van der Waals surface area contributed by atoms with Gasteiger partial charge in [-0.25, -0.2) is 4.98 Å². The zero-order chi connectivity index (χ0) is 15.4. The number of halogens is 1. The largest absolute Gasteiger partial charge is 0.253 e. The third-order valence-corrected chi connectivity index (χ3v) is 4.18. The Morgan fingerprint density at radius 1 is 1.14 bits per heavy atom. The van der Waals surface area contributed by atoms with Crippen LogP contribution in [-0.4, -0.2) is 11.2 Å². The third-order valence-electron chi connectivity index (χ3n) is 3.07. The van der Waals surface area contributed by atoms with Crippen LogP contribution in [-0.2, 0) is 0 Å². The Bertz CT molecular complexity index is 797. The Balaban J connectivity index is 1.74. The van der Waals surface area contributed by atoms with Crippen LogP contribution in [0.25, 0.3) is 11.3 Å². The smallest absolute Gasteiger partial charge is 0.204 e. The summed E-state index contributed by atoms with van der Waals surface area (Å²) in [6.45, 7) is 2.06. The van der Waals surface area contributed by atoms with Crippen LogP contribution in [0.4, 0.5) is 5.13 Å². The van der Waals surface area contributed by atoms with Crippen molar-refractivity contribution in [1.29, 1.82) is 0 Å². The van der Waals surface area contributed by atoms with Gasteiger partial charge >= 0.3 is 0 Å². The van der Waals surface area contributed by atoms with Gasteiger partial charge in [0.1, 0.15) is 0 Å². The van der Waals surface area contributed by atoms with E-state index in [0.29, 0.717) is 5.02 Å². The van der Waals surface area contributed by atoms with Gasteiger partial charge in [-0.15, -0.1) is 11.3 Å². The second-order valence-corrected chi connectivity index (χ2v) is 6.35. The second-order valence-electron chi connectivity index (χ2n) is 4.71. The van der Waals surface area contributed by atoms with Crippen molar-refractivity contribution in [2.24, 2.45) is 5.10 Å². The first-order valence-corrected chi connectivity index (χ1v) is 7.99. The van der Waals surface area contributed by atoms with Gasteiger partial charge in [0.2, 0.25) is 5.13 Å². The van der Waals surface area contributed by atoms with Gasteiger partial charge in [-0.1, -0.05) is 54.1 Å². The minimum absolute atomic E-state index is 0.695. The summed E-state index contributed by atoms with van der Waals surface area (Å²) >= 11 is 7.53. The Morgan fingerprint density at radius 3 is 2.73 bits per heavy atom. The molecular formula is C17H14ClN3S. The van der Waals surface area contributed by atoms with Crippen LogP contribution >= 0.6 is 22.9 Å². The van der Waals surface area contributed by atoms with Gasteiger partial charge in [-0.3, -0.25) is 5.43 Å². The molecule has 0 fully saturated rings. The molecule has 0 aliphatic carbocycles. The SMILES string of the molecule is Cc1sc(N/N=C\c2cccc(Cl)c2)nc1-c1ccccc1. The molecule has 0 radical (unpaired) electrons. The summed E-state index contributed by atoms with van der Waals surface area (Å²) in [5.74, 6) is 0. The molecule has 0 saturated heterocycles. The molecule has 1 heterocycles. The van der Waals surface area contributed by atoms with Gasteiger partial charge in [0.05, 0.1) is 11.9 Å². The highest BCUT2D eigenvalue weighted by molar-refractivity contribution is 7.15. The first kappa shape index (κ1) is 14.8. The molecular weight excluding hydrogens is 314 g/mol. The van der Waals surface area contributed by atoms with Gasteiger partial charge in [0.25, 0.3) is 0 Å². The van der Waals surface area contributed by atoms with Gasteiger partial charge in [0, 0.05) is 15.5 Å². The number of hydrogen-bond donors (Lipinski definition) is 1. The van der Waals surface area contributed by atoms with E-state index in [0.717, 1.165) is 26.8 Å². The van der Waals surface area contributed by atoms with Gasteiger partial charge < -0.3 is 0 Å². The van der Waals surface area contributed by atoms with Crippen molar-refractivity contribution in [1.82, 2.24) is 4.98 Å². The molecule has 0 spiro atoms. The quantitative estimate of drug-likeness (QED) is 0.527. The van der Waals surface area contributed by atoms with Crippen LogP contribution in [0, 0.1) is 6.92 Å². The van der Waals surface area contributed by atoms with Crippen molar-refractivity contribution in [2.75, 3.05) is 5.43 Å². The summed E-state index contributed by atoms with van der Waals surface area (Å²) in [6.07, 6.45) is 1.73. The molecule has 0 aliphatic rings. The number of nitrogens with zero attached hydrogens (tertiary/aromatic N) is 2. The number of nitrogens with one attached hydrogen (secondary N) is 1. The minimum Gasteiger partial charge on any atom is -0.253 e. The molecule has 3 nitrogen and oxygen atoms in total.